The topological polar surface area (TPSA) is 82.9 Å². The van der Waals surface area contributed by atoms with Crippen LogP contribution in [0.5, 0.6) is 5.75 Å². The second-order valence-electron chi connectivity index (χ2n) is 9.31. The van der Waals surface area contributed by atoms with Crippen molar-refractivity contribution in [1.82, 2.24) is 19.8 Å². The first-order valence-corrected chi connectivity index (χ1v) is 12.6. The summed E-state index contributed by atoms with van der Waals surface area (Å²) in [4.78, 5) is 13.8. The number of likely N-dealkylation sites (tertiary alicyclic amines) is 1. The van der Waals surface area contributed by atoms with E-state index in [9.17, 15) is 22.4 Å². The van der Waals surface area contributed by atoms with Gasteiger partial charge >= 0.3 is 6.18 Å². The number of amides is 1. The van der Waals surface area contributed by atoms with Gasteiger partial charge in [0.15, 0.2) is 0 Å². The van der Waals surface area contributed by atoms with Crippen molar-refractivity contribution in [3.05, 3.63) is 59.3 Å². The number of allylic oxidation sites excluding steroid dienone is 1. The van der Waals surface area contributed by atoms with E-state index in [1.54, 1.807) is 36.4 Å². The number of methoxy groups -OCH3 is 1. The van der Waals surface area contributed by atoms with E-state index in [0.29, 0.717) is 34.8 Å². The molecule has 0 spiro atoms. The van der Waals surface area contributed by atoms with Crippen LogP contribution in [0.4, 0.5) is 29.1 Å². The van der Waals surface area contributed by atoms with Gasteiger partial charge in [0.2, 0.25) is 0 Å². The van der Waals surface area contributed by atoms with E-state index >= 15 is 0 Å². The fraction of sp³-hybridized carbons (Fsp3) is 0.357. The van der Waals surface area contributed by atoms with Gasteiger partial charge in [0.25, 0.3) is 5.91 Å². The first-order chi connectivity index (χ1) is 19.1. The van der Waals surface area contributed by atoms with Crippen LogP contribution < -0.4 is 20.7 Å². The number of hydrogen-bond donors (Lipinski definition) is 3. The molecule has 40 heavy (non-hydrogen) atoms. The van der Waals surface area contributed by atoms with Crippen LogP contribution >= 0.6 is 0 Å². The Kier molecular flexibility index (Phi) is 8.84. The van der Waals surface area contributed by atoms with Crippen LogP contribution in [0, 0.1) is 11.8 Å². The Bertz CT molecular complexity index is 1460. The van der Waals surface area contributed by atoms with Crippen molar-refractivity contribution < 1.29 is 27.1 Å². The first-order valence-electron chi connectivity index (χ1n) is 12.6. The monoisotopic (exact) mass is 558 g/mol. The Balaban J connectivity index is 1.61. The molecule has 4 rings (SSSR count). The highest BCUT2D eigenvalue weighted by molar-refractivity contribution is 5.95. The molecule has 0 saturated carbocycles. The number of fused-ring (bicyclic) bond motifs is 1. The van der Waals surface area contributed by atoms with Crippen molar-refractivity contribution in [2.24, 2.45) is 0 Å². The maximum absolute atomic E-state index is 14.7. The maximum atomic E-state index is 14.7. The Labute approximate surface area is 229 Å². The lowest BCUT2D eigenvalue weighted by molar-refractivity contribution is -0.0790. The van der Waals surface area contributed by atoms with Gasteiger partial charge in [0, 0.05) is 37.3 Å². The summed E-state index contributed by atoms with van der Waals surface area (Å²) in [6, 6.07) is 9.45. The van der Waals surface area contributed by atoms with E-state index < -0.39 is 18.4 Å². The van der Waals surface area contributed by atoms with Crippen LogP contribution in [0.3, 0.4) is 0 Å². The van der Waals surface area contributed by atoms with E-state index in [1.165, 1.54) is 18.7 Å². The lowest BCUT2D eigenvalue weighted by Crippen LogP contribution is -2.46. The summed E-state index contributed by atoms with van der Waals surface area (Å²) < 4.78 is 60.6. The molecule has 2 aromatic heterocycles. The molecule has 0 aliphatic carbocycles. The van der Waals surface area contributed by atoms with Crippen LogP contribution in [0.25, 0.3) is 11.6 Å². The van der Waals surface area contributed by atoms with Gasteiger partial charge in [-0.3, -0.25) is 4.79 Å². The number of benzene rings is 1. The van der Waals surface area contributed by atoms with Crippen molar-refractivity contribution in [1.29, 1.82) is 0 Å². The van der Waals surface area contributed by atoms with E-state index in [4.69, 9.17) is 4.74 Å². The fourth-order valence-electron chi connectivity index (χ4n) is 4.43. The van der Waals surface area contributed by atoms with Gasteiger partial charge in [-0.1, -0.05) is 12.0 Å². The number of carbonyl (C=O) groups is 1. The fourth-order valence-corrected chi connectivity index (χ4v) is 4.43. The second kappa shape index (κ2) is 12.3. The number of ether oxygens (including phenoxy) is 1. The number of carbonyl (C=O) groups excluding carboxylic acids is 1. The number of rotatable bonds is 7. The molecule has 8 nitrogen and oxygen atoms in total. The van der Waals surface area contributed by atoms with Gasteiger partial charge in [-0.15, -0.1) is 0 Å². The third kappa shape index (κ3) is 6.84. The zero-order chi connectivity index (χ0) is 28.9. The summed E-state index contributed by atoms with van der Waals surface area (Å²) in [5, 5.41) is 13.3. The van der Waals surface area contributed by atoms with Crippen LogP contribution in [-0.4, -0.2) is 79.7 Å². The average Bonchev–Trinajstić information content (AvgIpc) is 3.28. The van der Waals surface area contributed by atoms with E-state index in [-0.39, 0.29) is 36.3 Å². The standard InChI is InChI=1S/C28H30F4N6O2/c1-33-27(39)18-9-10-23(25(16-18)40-3)34-14-5-6-21-19(11-13-28(30,31)32)24-7-4-8-26(38(24)36-21)35-22-12-15-37(2)17-20(22)29/h4,7-11,13,16,20,22,34-35H,12,14-15,17H2,1-3H3,(H,33,39)/b13-11+/t20-,22+/m0/s1. The number of alkyl halides is 4. The van der Waals surface area contributed by atoms with Crippen LogP contribution in [-0.2, 0) is 0 Å². The molecule has 0 unspecified atom stereocenters. The smallest absolute Gasteiger partial charge is 0.409 e. The number of pyridine rings is 1. The number of nitrogens with one attached hydrogen (secondary N) is 3. The minimum Gasteiger partial charge on any atom is -0.495 e. The third-order valence-electron chi connectivity index (χ3n) is 6.48. The van der Waals surface area contributed by atoms with E-state index in [2.05, 4.69) is 32.9 Å². The molecular weight excluding hydrogens is 528 g/mol. The number of hydrogen-bond acceptors (Lipinski definition) is 6. The molecule has 1 aliphatic rings. The minimum absolute atomic E-state index is 0.121. The van der Waals surface area contributed by atoms with Gasteiger partial charge in [-0.2, -0.15) is 18.3 Å². The van der Waals surface area contributed by atoms with E-state index in [0.717, 1.165) is 12.6 Å². The summed E-state index contributed by atoms with van der Waals surface area (Å²) in [6.07, 6.45) is -3.98. The van der Waals surface area contributed by atoms with Crippen molar-refractivity contribution in [2.75, 3.05) is 51.5 Å². The molecule has 1 amide bonds. The molecule has 12 heteroatoms. The SMILES string of the molecule is CNC(=O)c1ccc(NCC#Cc2nn3c(N[C@@H]4CCN(C)C[C@@H]4F)cccc3c2/C=C/C(F)(F)F)c(OC)c1. The molecular formula is C28H30F4N6O2. The van der Waals surface area contributed by atoms with Gasteiger partial charge in [-0.25, -0.2) is 8.91 Å². The zero-order valence-electron chi connectivity index (χ0n) is 22.3. The Morgan fingerprint density at radius 1 is 1.27 bits per heavy atom. The van der Waals surface area contributed by atoms with Gasteiger partial charge < -0.3 is 25.6 Å². The van der Waals surface area contributed by atoms with Gasteiger partial charge in [-0.05, 0) is 55.8 Å². The highest BCUT2D eigenvalue weighted by Gasteiger charge is 2.28. The predicted molar refractivity (Wildman–Crippen MR) is 146 cm³/mol. The Morgan fingerprint density at radius 2 is 2.08 bits per heavy atom. The summed E-state index contributed by atoms with van der Waals surface area (Å²) >= 11 is 0. The normalized spacial score (nSPS) is 17.9. The Morgan fingerprint density at radius 3 is 2.77 bits per heavy atom. The van der Waals surface area contributed by atoms with Crippen molar-refractivity contribution in [3.8, 4) is 17.6 Å². The molecule has 0 bridgehead atoms. The van der Waals surface area contributed by atoms with Crippen molar-refractivity contribution in [2.45, 2.75) is 24.8 Å². The maximum Gasteiger partial charge on any atom is 0.409 e. The molecule has 212 valence electrons. The molecule has 0 radical (unpaired) electrons. The number of aromatic nitrogens is 2. The summed E-state index contributed by atoms with van der Waals surface area (Å²) in [7, 11) is 4.85. The molecule has 3 N–H and O–H groups in total. The average molecular weight is 559 g/mol. The lowest BCUT2D eigenvalue weighted by Gasteiger charge is -2.33. The van der Waals surface area contributed by atoms with Crippen molar-refractivity contribution >= 4 is 29.0 Å². The Hall–Kier alpha value is -4.24. The molecule has 2 atom stereocenters. The summed E-state index contributed by atoms with van der Waals surface area (Å²) in [5.74, 6) is 6.37. The molecule has 1 fully saturated rings. The first kappa shape index (κ1) is 28.8. The van der Waals surface area contributed by atoms with Crippen LogP contribution in [0.15, 0.2) is 42.5 Å². The van der Waals surface area contributed by atoms with Gasteiger partial charge in [0.1, 0.15) is 23.4 Å². The van der Waals surface area contributed by atoms with Crippen LogP contribution in [0.1, 0.15) is 28.0 Å². The van der Waals surface area contributed by atoms with Gasteiger partial charge in [0.05, 0.1) is 30.9 Å². The number of piperidine rings is 1. The highest BCUT2D eigenvalue weighted by Crippen LogP contribution is 2.27. The summed E-state index contributed by atoms with van der Waals surface area (Å²) in [6.45, 7) is 1.13. The van der Waals surface area contributed by atoms with Crippen LogP contribution in [0.2, 0.25) is 0 Å². The summed E-state index contributed by atoms with van der Waals surface area (Å²) in [5.41, 5.74) is 1.74. The molecule has 1 aromatic carbocycles. The molecule has 1 aliphatic heterocycles. The largest absolute Gasteiger partial charge is 0.495 e. The predicted octanol–water partition coefficient (Wildman–Crippen LogP) is 4.20. The van der Waals surface area contributed by atoms with Crippen molar-refractivity contribution in [3.63, 3.8) is 0 Å². The highest BCUT2D eigenvalue weighted by atomic mass is 19.4. The zero-order valence-corrected chi connectivity index (χ0v) is 22.3. The third-order valence-corrected chi connectivity index (χ3v) is 6.48. The molecule has 1 saturated heterocycles. The minimum atomic E-state index is -4.52. The van der Waals surface area contributed by atoms with E-state index in [1.807, 2.05) is 11.9 Å². The number of anilines is 2. The number of nitrogens with zero attached hydrogens (tertiary/aromatic N) is 3. The lowest BCUT2D eigenvalue weighted by atomic mass is 10.0. The molecule has 3 heterocycles. The molecule has 3 aromatic rings. The number of halogens is 4. The quantitative estimate of drug-likeness (QED) is 0.298. The second-order valence-corrected chi connectivity index (χ2v) is 9.31.